The first-order valence-corrected chi connectivity index (χ1v) is 11.8. The van der Waals surface area contributed by atoms with Crippen LogP contribution in [0.5, 0.6) is 5.75 Å². The molecule has 1 heterocycles. The van der Waals surface area contributed by atoms with Crippen LogP contribution in [0.25, 0.3) is 11.1 Å². The Hall–Kier alpha value is -2.95. The molecule has 170 valence electrons. The maximum absolute atomic E-state index is 13.1. The van der Waals surface area contributed by atoms with E-state index in [0.29, 0.717) is 18.4 Å². The molecule has 2 fully saturated rings. The number of fused-ring (bicyclic) bond motifs is 1. The first-order chi connectivity index (χ1) is 16.0. The summed E-state index contributed by atoms with van der Waals surface area (Å²) in [5.41, 5.74) is 3.44. The van der Waals surface area contributed by atoms with Gasteiger partial charge in [-0.25, -0.2) is 0 Å². The maximum Gasteiger partial charge on any atom is 0.176 e. The zero-order valence-corrected chi connectivity index (χ0v) is 19.1. The number of likely N-dealkylation sites (tertiary alicyclic amines) is 1. The van der Waals surface area contributed by atoms with Gasteiger partial charge in [0.25, 0.3) is 0 Å². The first kappa shape index (κ1) is 21.9. The fraction of sp³-hybridized carbons (Fsp3) is 0.345. The van der Waals surface area contributed by atoms with Crippen molar-refractivity contribution in [1.82, 2.24) is 4.90 Å². The molecule has 0 amide bonds. The summed E-state index contributed by atoms with van der Waals surface area (Å²) in [6, 6.07) is 26.1. The Balaban J connectivity index is 1.19. The van der Waals surface area contributed by atoms with Crippen molar-refractivity contribution in [3.8, 4) is 16.9 Å². The molecule has 1 saturated heterocycles. The zero-order valence-electron chi connectivity index (χ0n) is 19.1. The number of hydrogen-bond acceptors (Lipinski definition) is 4. The normalized spacial score (nSPS) is 24.5. The molecule has 0 aromatic heterocycles. The predicted octanol–water partition coefficient (Wildman–Crippen LogP) is 4.86. The Morgan fingerprint density at radius 3 is 2.30 bits per heavy atom. The van der Waals surface area contributed by atoms with Crippen LogP contribution in [0.3, 0.4) is 0 Å². The molecule has 4 heteroatoms. The fourth-order valence-corrected chi connectivity index (χ4v) is 5.76. The third kappa shape index (κ3) is 4.87. The average Bonchev–Trinajstić information content (AvgIpc) is 3.33. The lowest BCUT2D eigenvalue weighted by atomic mass is 9.91. The van der Waals surface area contributed by atoms with Crippen molar-refractivity contribution in [1.29, 1.82) is 0 Å². The molecule has 2 aliphatic rings. The summed E-state index contributed by atoms with van der Waals surface area (Å²) in [4.78, 5) is 15.3. The zero-order chi connectivity index (χ0) is 22.8. The van der Waals surface area contributed by atoms with Gasteiger partial charge in [0, 0.05) is 25.1 Å². The minimum Gasteiger partial charge on any atom is -0.497 e. The summed E-state index contributed by atoms with van der Waals surface area (Å²) < 4.78 is 5.24. The summed E-state index contributed by atoms with van der Waals surface area (Å²) in [5, 5.41) is 11.2. The second-order valence-electron chi connectivity index (χ2n) is 9.74. The SMILES string of the molecule is COc1ccc(-c2cccc(C(=O)CN3C[C@@H]4CC(O)(Cc5ccccc5)C[C@@H]4C3)c2)cc1. The second kappa shape index (κ2) is 9.12. The van der Waals surface area contributed by atoms with Crippen LogP contribution in [0.1, 0.15) is 28.8 Å². The molecule has 3 aromatic rings. The number of hydrogen-bond donors (Lipinski definition) is 1. The van der Waals surface area contributed by atoms with Crippen LogP contribution in [0.2, 0.25) is 0 Å². The van der Waals surface area contributed by atoms with Gasteiger partial charge in [0.1, 0.15) is 5.75 Å². The van der Waals surface area contributed by atoms with E-state index in [4.69, 9.17) is 4.74 Å². The number of benzene rings is 3. The number of carbonyl (C=O) groups is 1. The van der Waals surface area contributed by atoms with E-state index < -0.39 is 5.60 Å². The molecule has 1 N–H and O–H groups in total. The van der Waals surface area contributed by atoms with Crippen molar-refractivity contribution in [2.24, 2.45) is 11.8 Å². The highest BCUT2D eigenvalue weighted by Gasteiger charge is 2.48. The van der Waals surface area contributed by atoms with E-state index in [-0.39, 0.29) is 5.78 Å². The Kier molecular flexibility index (Phi) is 6.05. The Morgan fingerprint density at radius 2 is 1.64 bits per heavy atom. The third-order valence-electron chi connectivity index (χ3n) is 7.29. The molecule has 33 heavy (non-hydrogen) atoms. The quantitative estimate of drug-likeness (QED) is 0.532. The highest BCUT2D eigenvalue weighted by atomic mass is 16.5. The summed E-state index contributed by atoms with van der Waals surface area (Å²) >= 11 is 0. The standard InChI is InChI=1S/C29H31NO3/c1-33-27-12-10-22(11-13-27)23-8-5-9-24(14-23)28(31)20-30-18-25-16-29(32,17-26(25)19-30)15-21-6-3-2-4-7-21/h2-14,25-26,32H,15-20H2,1H3/t25-,26+,29?. The Morgan fingerprint density at radius 1 is 0.939 bits per heavy atom. The van der Waals surface area contributed by atoms with Gasteiger partial charge in [-0.3, -0.25) is 9.69 Å². The fourth-order valence-electron chi connectivity index (χ4n) is 5.76. The van der Waals surface area contributed by atoms with E-state index >= 15 is 0 Å². The van der Waals surface area contributed by atoms with Gasteiger partial charge in [0.15, 0.2) is 5.78 Å². The van der Waals surface area contributed by atoms with Crippen molar-refractivity contribution < 1.29 is 14.6 Å². The largest absolute Gasteiger partial charge is 0.497 e. The molecule has 1 aliphatic carbocycles. The Labute approximate surface area is 195 Å². The molecular weight excluding hydrogens is 410 g/mol. The average molecular weight is 442 g/mol. The Bertz CT molecular complexity index is 1100. The highest BCUT2D eigenvalue weighted by molar-refractivity contribution is 5.98. The van der Waals surface area contributed by atoms with E-state index in [9.17, 15) is 9.90 Å². The van der Waals surface area contributed by atoms with Gasteiger partial charge in [-0.1, -0.05) is 60.7 Å². The van der Waals surface area contributed by atoms with E-state index in [1.165, 1.54) is 5.56 Å². The number of ketones is 1. The van der Waals surface area contributed by atoms with Crippen molar-refractivity contribution in [3.63, 3.8) is 0 Å². The molecular formula is C29H31NO3. The van der Waals surface area contributed by atoms with Gasteiger partial charge in [0.2, 0.25) is 0 Å². The van der Waals surface area contributed by atoms with Crippen LogP contribution < -0.4 is 4.74 Å². The molecule has 0 bridgehead atoms. The van der Waals surface area contributed by atoms with Crippen LogP contribution in [0.4, 0.5) is 0 Å². The molecule has 0 spiro atoms. The lowest BCUT2D eigenvalue weighted by molar-refractivity contribution is 0.0355. The highest BCUT2D eigenvalue weighted by Crippen LogP contribution is 2.45. The minimum absolute atomic E-state index is 0.157. The number of ether oxygens (including phenoxy) is 1. The molecule has 4 nitrogen and oxygen atoms in total. The van der Waals surface area contributed by atoms with Gasteiger partial charge in [-0.05, 0) is 59.6 Å². The monoisotopic (exact) mass is 441 g/mol. The topological polar surface area (TPSA) is 49.8 Å². The summed E-state index contributed by atoms with van der Waals surface area (Å²) in [7, 11) is 1.66. The van der Waals surface area contributed by atoms with Crippen LogP contribution in [-0.2, 0) is 6.42 Å². The van der Waals surface area contributed by atoms with Gasteiger partial charge in [-0.2, -0.15) is 0 Å². The maximum atomic E-state index is 13.1. The van der Waals surface area contributed by atoms with Crippen molar-refractivity contribution in [2.75, 3.05) is 26.7 Å². The summed E-state index contributed by atoms with van der Waals surface area (Å²) in [6.45, 7) is 2.23. The lowest BCUT2D eigenvalue weighted by Crippen LogP contribution is -2.34. The molecule has 1 aliphatic heterocycles. The number of aliphatic hydroxyl groups is 1. The van der Waals surface area contributed by atoms with Crippen LogP contribution >= 0.6 is 0 Å². The number of rotatable bonds is 7. The van der Waals surface area contributed by atoms with E-state index in [0.717, 1.165) is 54.8 Å². The van der Waals surface area contributed by atoms with E-state index in [1.807, 2.05) is 66.7 Å². The van der Waals surface area contributed by atoms with Crippen molar-refractivity contribution in [3.05, 3.63) is 90.0 Å². The minimum atomic E-state index is -0.612. The number of nitrogens with zero attached hydrogens (tertiary/aromatic N) is 1. The van der Waals surface area contributed by atoms with Crippen molar-refractivity contribution in [2.45, 2.75) is 24.9 Å². The van der Waals surface area contributed by atoms with Gasteiger partial charge >= 0.3 is 0 Å². The number of methoxy groups -OCH3 is 1. The van der Waals surface area contributed by atoms with E-state index in [1.54, 1.807) is 7.11 Å². The smallest absolute Gasteiger partial charge is 0.176 e. The number of carbonyl (C=O) groups excluding carboxylic acids is 1. The molecule has 1 saturated carbocycles. The summed E-state index contributed by atoms with van der Waals surface area (Å²) in [6.07, 6.45) is 2.37. The predicted molar refractivity (Wildman–Crippen MR) is 131 cm³/mol. The van der Waals surface area contributed by atoms with Gasteiger partial charge < -0.3 is 9.84 Å². The molecule has 3 atom stereocenters. The van der Waals surface area contributed by atoms with Gasteiger partial charge in [-0.15, -0.1) is 0 Å². The van der Waals surface area contributed by atoms with E-state index in [2.05, 4.69) is 17.0 Å². The summed E-state index contributed by atoms with van der Waals surface area (Å²) in [5.74, 6) is 1.92. The lowest BCUT2D eigenvalue weighted by Gasteiger charge is -2.26. The van der Waals surface area contributed by atoms with Crippen LogP contribution in [0.15, 0.2) is 78.9 Å². The molecule has 5 rings (SSSR count). The first-order valence-electron chi connectivity index (χ1n) is 11.8. The third-order valence-corrected chi connectivity index (χ3v) is 7.29. The van der Waals surface area contributed by atoms with Gasteiger partial charge in [0.05, 0.1) is 19.3 Å². The van der Waals surface area contributed by atoms with Crippen LogP contribution in [-0.4, -0.2) is 48.1 Å². The number of Topliss-reactive ketones (excluding diaryl/α,β-unsaturated/α-hetero) is 1. The molecule has 1 unspecified atom stereocenters. The second-order valence-corrected chi connectivity index (χ2v) is 9.74. The molecule has 3 aromatic carbocycles. The molecule has 0 radical (unpaired) electrons. The van der Waals surface area contributed by atoms with Crippen molar-refractivity contribution >= 4 is 5.78 Å². The van der Waals surface area contributed by atoms with Crippen LogP contribution in [0, 0.1) is 11.8 Å².